The van der Waals surface area contributed by atoms with Crippen LogP contribution in [0, 0.1) is 6.92 Å². The van der Waals surface area contributed by atoms with Crippen LogP contribution in [0.5, 0.6) is 0 Å². The fourth-order valence-electron chi connectivity index (χ4n) is 4.39. The third-order valence-corrected chi connectivity index (χ3v) is 5.80. The normalized spacial score (nSPS) is 13.6. The lowest BCUT2D eigenvalue weighted by Gasteiger charge is -2.24. The van der Waals surface area contributed by atoms with E-state index >= 15 is 0 Å². The lowest BCUT2D eigenvalue weighted by molar-refractivity contribution is -0.657. The lowest BCUT2D eigenvalue weighted by Crippen LogP contribution is -2.50. The zero-order valence-corrected chi connectivity index (χ0v) is 17.2. The van der Waals surface area contributed by atoms with Gasteiger partial charge < -0.3 is 4.42 Å². The zero-order valence-electron chi connectivity index (χ0n) is 17.2. The summed E-state index contributed by atoms with van der Waals surface area (Å²) in [6.07, 6.45) is 4.00. The summed E-state index contributed by atoms with van der Waals surface area (Å²) in [7, 11) is 2.11. The number of hydrogen-bond donors (Lipinski definition) is 0. The summed E-state index contributed by atoms with van der Waals surface area (Å²) in [5, 5.41) is 2.22. The smallest absolute Gasteiger partial charge is 0.402 e. The summed E-state index contributed by atoms with van der Waals surface area (Å²) in [6, 6.07) is 16.8. The van der Waals surface area contributed by atoms with Crippen molar-refractivity contribution < 1.29 is 8.98 Å². The van der Waals surface area contributed by atoms with Gasteiger partial charge in [0.2, 0.25) is 5.71 Å². The largest absolute Gasteiger partial charge is 0.434 e. The van der Waals surface area contributed by atoms with Crippen LogP contribution in [-0.2, 0) is 7.05 Å². The Kier molecular flexibility index (Phi) is 4.05. The van der Waals surface area contributed by atoms with Crippen LogP contribution in [0.3, 0.4) is 0 Å². The van der Waals surface area contributed by atoms with E-state index in [1.165, 1.54) is 16.7 Å². The number of benzene rings is 1. The highest BCUT2D eigenvalue weighted by Crippen LogP contribution is 2.27. The molecule has 142 valence electrons. The maximum absolute atomic E-state index is 6.14. The Balaban J connectivity index is 1.69. The van der Waals surface area contributed by atoms with E-state index in [1.54, 1.807) is 6.20 Å². The molecular formula is C24H23BN3O+. The minimum absolute atomic E-state index is 0.205. The number of fused-ring (bicyclic) bond motifs is 3. The number of hydrogen-bond acceptors (Lipinski definition) is 3. The topological polar surface area (TPSA) is 33.2 Å². The molecule has 29 heavy (non-hydrogen) atoms. The molecule has 0 aliphatic carbocycles. The van der Waals surface area contributed by atoms with Crippen LogP contribution in [-0.4, -0.2) is 11.8 Å². The fourth-order valence-corrected chi connectivity index (χ4v) is 4.39. The highest BCUT2D eigenvalue weighted by Gasteiger charge is 2.34. The average Bonchev–Trinajstić information content (AvgIpc) is 3.10. The van der Waals surface area contributed by atoms with Gasteiger partial charge in [-0.2, -0.15) is 0 Å². The molecule has 5 heteroatoms. The van der Waals surface area contributed by atoms with Gasteiger partial charge in [0, 0.05) is 28.4 Å². The minimum Gasteiger partial charge on any atom is -0.434 e. The predicted molar refractivity (Wildman–Crippen MR) is 119 cm³/mol. The molecule has 1 aromatic carbocycles. The number of pyridine rings is 2. The molecule has 0 atom stereocenters. The van der Waals surface area contributed by atoms with Crippen LogP contribution in [0.4, 0.5) is 5.82 Å². The molecule has 4 nitrogen and oxygen atoms in total. The van der Waals surface area contributed by atoms with Crippen molar-refractivity contribution in [2.24, 2.45) is 7.05 Å². The molecule has 4 aromatic rings. The first kappa shape index (κ1) is 17.7. The van der Waals surface area contributed by atoms with E-state index in [0.717, 1.165) is 27.5 Å². The maximum Gasteiger partial charge on any atom is 0.402 e. The van der Waals surface area contributed by atoms with E-state index < -0.39 is 0 Å². The third-order valence-electron chi connectivity index (χ3n) is 5.80. The van der Waals surface area contributed by atoms with E-state index in [-0.39, 0.29) is 6.85 Å². The van der Waals surface area contributed by atoms with Gasteiger partial charge in [-0.3, -0.25) is 4.81 Å². The van der Waals surface area contributed by atoms with Gasteiger partial charge in [-0.05, 0) is 43.9 Å². The summed E-state index contributed by atoms with van der Waals surface area (Å²) in [6.45, 7) is 6.74. The number of anilines is 1. The van der Waals surface area contributed by atoms with Gasteiger partial charge >= 0.3 is 6.85 Å². The molecule has 0 fully saturated rings. The summed E-state index contributed by atoms with van der Waals surface area (Å²) in [4.78, 5) is 6.74. The van der Waals surface area contributed by atoms with Crippen LogP contribution in [0.25, 0.3) is 33.9 Å². The Morgan fingerprint density at radius 3 is 2.66 bits per heavy atom. The summed E-state index contributed by atoms with van der Waals surface area (Å²) < 4.78 is 8.34. The predicted octanol–water partition coefficient (Wildman–Crippen LogP) is 3.22. The summed E-state index contributed by atoms with van der Waals surface area (Å²) >= 11 is 0. The fraction of sp³-hybridized carbons (Fsp3) is 0.167. The highest BCUT2D eigenvalue weighted by atomic mass is 16.3. The Hall–Kier alpha value is -3.34. The van der Waals surface area contributed by atoms with Gasteiger partial charge in [0.1, 0.15) is 5.70 Å². The molecule has 1 aliphatic rings. The molecule has 5 rings (SSSR count). The van der Waals surface area contributed by atoms with Crippen molar-refractivity contribution >= 4 is 35.4 Å². The zero-order chi connectivity index (χ0) is 20.1. The van der Waals surface area contributed by atoms with E-state index in [2.05, 4.69) is 96.7 Å². The molecule has 0 saturated heterocycles. The van der Waals surface area contributed by atoms with Crippen molar-refractivity contribution in [3.63, 3.8) is 0 Å². The van der Waals surface area contributed by atoms with Crippen molar-refractivity contribution in [3.05, 3.63) is 77.1 Å². The lowest BCUT2D eigenvalue weighted by atomic mass is 9.60. The van der Waals surface area contributed by atoms with E-state index in [9.17, 15) is 0 Å². The Labute approximate surface area is 170 Å². The molecule has 1 aliphatic heterocycles. The first-order valence-corrected chi connectivity index (χ1v) is 9.96. The Morgan fingerprint density at radius 1 is 1.07 bits per heavy atom. The highest BCUT2D eigenvalue weighted by molar-refractivity contribution is 6.77. The summed E-state index contributed by atoms with van der Waals surface area (Å²) in [5.74, 6) is 3.42. The monoisotopic (exact) mass is 380 g/mol. The van der Waals surface area contributed by atoms with Crippen molar-refractivity contribution in [1.29, 1.82) is 0 Å². The minimum atomic E-state index is 0.205. The molecule has 0 spiro atoms. The molecule has 0 saturated carbocycles. The Bertz CT molecular complexity index is 1360. The van der Waals surface area contributed by atoms with Crippen molar-refractivity contribution in [2.45, 2.75) is 20.7 Å². The van der Waals surface area contributed by atoms with Crippen molar-refractivity contribution in [3.8, 4) is 11.1 Å². The SMILES string of the molecule is CB1C=c2c(oc3ncccc23)=C(C)N1c1cc(C)c(-c2ccccc2)c[n+]1C. The van der Waals surface area contributed by atoms with Crippen LogP contribution >= 0.6 is 0 Å². The number of nitrogens with zero attached hydrogens (tertiary/aromatic N) is 3. The quantitative estimate of drug-likeness (QED) is 0.396. The average molecular weight is 380 g/mol. The first-order chi connectivity index (χ1) is 14.0. The second-order valence-electron chi connectivity index (χ2n) is 7.77. The standard InChI is InChI=1S/C24H23BN3O/c1-16-13-22(27(4)15-21(16)18-9-6-5-7-10-18)28-17(2)23-20(14-25(28)3)19-11-8-12-26-24(19)29-23/h5-15H,1-4H3/q+1. The van der Waals surface area contributed by atoms with Gasteiger partial charge in [0.15, 0.2) is 5.42 Å². The van der Waals surface area contributed by atoms with E-state index in [4.69, 9.17) is 4.42 Å². The first-order valence-electron chi connectivity index (χ1n) is 9.96. The van der Waals surface area contributed by atoms with Crippen LogP contribution in [0.15, 0.2) is 65.3 Å². The summed E-state index contributed by atoms with van der Waals surface area (Å²) in [5.41, 5.74) is 6.44. The van der Waals surface area contributed by atoms with Gasteiger partial charge in [-0.1, -0.05) is 36.3 Å². The van der Waals surface area contributed by atoms with Crippen molar-refractivity contribution in [2.75, 3.05) is 4.81 Å². The van der Waals surface area contributed by atoms with Gasteiger partial charge in [0.05, 0.1) is 13.2 Å². The molecule has 0 unspecified atom stereocenters. The molecule has 0 bridgehead atoms. The van der Waals surface area contributed by atoms with Gasteiger partial charge in [0.25, 0.3) is 5.82 Å². The number of aromatic nitrogens is 2. The van der Waals surface area contributed by atoms with E-state index in [1.807, 2.05) is 6.07 Å². The third kappa shape index (κ3) is 2.77. The molecular weight excluding hydrogens is 357 g/mol. The molecule has 4 heterocycles. The van der Waals surface area contributed by atoms with Crippen LogP contribution in [0.2, 0.25) is 6.82 Å². The second-order valence-corrected chi connectivity index (χ2v) is 7.77. The van der Waals surface area contributed by atoms with Gasteiger partial charge in [-0.25, -0.2) is 9.55 Å². The van der Waals surface area contributed by atoms with Gasteiger partial charge in [-0.15, -0.1) is 0 Å². The second kappa shape index (κ2) is 6.62. The Morgan fingerprint density at radius 2 is 1.86 bits per heavy atom. The number of furan rings is 1. The number of aryl methyl sites for hydroxylation is 2. The maximum atomic E-state index is 6.14. The molecule has 0 N–H and O–H groups in total. The molecule has 0 amide bonds. The van der Waals surface area contributed by atoms with E-state index in [0.29, 0.717) is 5.71 Å². The van der Waals surface area contributed by atoms with Crippen LogP contribution in [0.1, 0.15) is 12.5 Å². The molecule has 3 aromatic heterocycles. The van der Waals surface area contributed by atoms with Crippen LogP contribution < -0.4 is 20.0 Å². The molecule has 0 radical (unpaired) electrons. The number of rotatable bonds is 2. The van der Waals surface area contributed by atoms with Crippen molar-refractivity contribution in [1.82, 2.24) is 4.98 Å².